The lowest BCUT2D eigenvalue weighted by Crippen LogP contribution is -2.44. The van der Waals surface area contributed by atoms with Crippen LogP contribution < -0.4 is 15.0 Å². The van der Waals surface area contributed by atoms with Gasteiger partial charge in [0.15, 0.2) is 0 Å². The van der Waals surface area contributed by atoms with E-state index < -0.39 is 12.1 Å². The standard InChI is InChI=1S/C22H19ClF3N7O2/c23-15-9-16-17(10-18(15)35-22(24,25)26)31-21(30-16)33-12-13(11-28-33)20(34)29-14-4-7-32(8-5-14)19-3-1-2-6-27-19/h1-3,6,9-12,14H,4-5,7-8H2,(H,29,34)(H,30,31). The molecule has 1 aliphatic heterocycles. The smallest absolute Gasteiger partial charge is 0.404 e. The van der Waals surface area contributed by atoms with Crippen molar-refractivity contribution >= 4 is 34.4 Å². The molecule has 1 fully saturated rings. The topological polar surface area (TPSA) is 101 Å². The van der Waals surface area contributed by atoms with Crippen molar-refractivity contribution < 1.29 is 22.7 Å². The average molecular weight is 506 g/mol. The number of benzene rings is 1. The van der Waals surface area contributed by atoms with Crippen LogP contribution in [0.3, 0.4) is 0 Å². The molecule has 1 amide bonds. The van der Waals surface area contributed by atoms with Crippen LogP contribution in [-0.4, -0.2) is 56.1 Å². The number of piperidine rings is 1. The minimum atomic E-state index is -4.88. The molecule has 0 saturated carbocycles. The van der Waals surface area contributed by atoms with E-state index in [0.29, 0.717) is 11.1 Å². The highest BCUT2D eigenvalue weighted by molar-refractivity contribution is 6.32. The Bertz CT molecular complexity index is 1350. The van der Waals surface area contributed by atoms with Crippen molar-refractivity contribution in [3.8, 4) is 11.7 Å². The van der Waals surface area contributed by atoms with E-state index in [-0.39, 0.29) is 28.4 Å². The third kappa shape index (κ3) is 5.16. The van der Waals surface area contributed by atoms with E-state index in [1.807, 2.05) is 18.2 Å². The second kappa shape index (κ2) is 9.10. The van der Waals surface area contributed by atoms with Crippen LogP contribution in [0.25, 0.3) is 17.0 Å². The van der Waals surface area contributed by atoms with Crippen LogP contribution in [0.2, 0.25) is 5.02 Å². The molecule has 1 aromatic carbocycles. The first-order valence-corrected chi connectivity index (χ1v) is 11.1. The molecule has 0 bridgehead atoms. The lowest BCUT2D eigenvalue weighted by molar-refractivity contribution is -0.274. The Balaban J connectivity index is 1.24. The van der Waals surface area contributed by atoms with Gasteiger partial charge in [-0.05, 0) is 31.0 Å². The van der Waals surface area contributed by atoms with Crippen LogP contribution in [0.1, 0.15) is 23.2 Å². The number of amides is 1. The Morgan fingerprint density at radius 1 is 1.23 bits per heavy atom. The highest BCUT2D eigenvalue weighted by Crippen LogP contribution is 2.33. The number of H-pyrrole nitrogens is 1. The number of nitrogens with one attached hydrogen (secondary N) is 2. The summed E-state index contributed by atoms with van der Waals surface area (Å²) in [5.41, 5.74) is 0.919. The van der Waals surface area contributed by atoms with Gasteiger partial charge in [0.2, 0.25) is 5.95 Å². The first-order valence-electron chi connectivity index (χ1n) is 10.7. The summed E-state index contributed by atoms with van der Waals surface area (Å²) in [4.78, 5) is 26.4. The summed E-state index contributed by atoms with van der Waals surface area (Å²) in [5, 5.41) is 6.96. The number of rotatable bonds is 5. The van der Waals surface area contributed by atoms with E-state index >= 15 is 0 Å². The number of halogens is 4. The number of anilines is 1. The normalized spacial score (nSPS) is 14.9. The fourth-order valence-electron chi connectivity index (χ4n) is 3.93. The van der Waals surface area contributed by atoms with E-state index in [2.05, 4.69) is 35.0 Å². The Morgan fingerprint density at radius 2 is 2.03 bits per heavy atom. The summed E-state index contributed by atoms with van der Waals surface area (Å²) in [5.74, 6) is 0.303. The van der Waals surface area contributed by atoms with Gasteiger partial charge in [0.05, 0.1) is 27.8 Å². The molecule has 5 rings (SSSR count). The number of hydrogen-bond donors (Lipinski definition) is 2. The van der Waals surface area contributed by atoms with Gasteiger partial charge >= 0.3 is 6.36 Å². The Kier molecular flexibility index (Phi) is 5.97. The van der Waals surface area contributed by atoms with Gasteiger partial charge in [-0.25, -0.2) is 14.6 Å². The molecule has 35 heavy (non-hydrogen) atoms. The molecule has 13 heteroatoms. The van der Waals surface area contributed by atoms with Crippen LogP contribution in [0.5, 0.6) is 5.75 Å². The van der Waals surface area contributed by atoms with Gasteiger partial charge in [-0.2, -0.15) is 5.10 Å². The number of aromatic amines is 1. The van der Waals surface area contributed by atoms with Crippen molar-refractivity contribution in [3.05, 3.63) is 59.5 Å². The van der Waals surface area contributed by atoms with Crippen molar-refractivity contribution in [1.29, 1.82) is 0 Å². The lowest BCUT2D eigenvalue weighted by atomic mass is 10.0. The number of hydrogen-bond acceptors (Lipinski definition) is 6. The maximum atomic E-state index is 12.7. The number of fused-ring (bicyclic) bond motifs is 1. The molecule has 4 heterocycles. The van der Waals surface area contributed by atoms with Gasteiger partial charge in [0.25, 0.3) is 5.91 Å². The number of imidazole rings is 1. The average Bonchev–Trinajstić information content (AvgIpc) is 3.47. The molecule has 1 aliphatic rings. The molecule has 1 saturated heterocycles. The van der Waals surface area contributed by atoms with Gasteiger partial charge in [0.1, 0.15) is 11.6 Å². The van der Waals surface area contributed by atoms with Crippen LogP contribution in [0, 0.1) is 0 Å². The summed E-state index contributed by atoms with van der Waals surface area (Å²) in [6.45, 7) is 1.56. The summed E-state index contributed by atoms with van der Waals surface area (Å²) < 4.78 is 43.0. The quantitative estimate of drug-likeness (QED) is 0.423. The third-order valence-corrected chi connectivity index (χ3v) is 5.91. The number of pyridine rings is 1. The first kappa shape index (κ1) is 23.0. The van der Waals surface area contributed by atoms with Crippen LogP contribution in [0.4, 0.5) is 19.0 Å². The minimum absolute atomic E-state index is 0.0196. The van der Waals surface area contributed by atoms with Crippen molar-refractivity contribution in [3.63, 3.8) is 0 Å². The molecule has 0 aliphatic carbocycles. The molecular weight excluding hydrogens is 487 g/mol. The predicted octanol–water partition coefficient (Wildman–Crippen LogP) is 4.09. The molecule has 0 spiro atoms. The van der Waals surface area contributed by atoms with Gasteiger partial charge in [0, 0.05) is 37.6 Å². The van der Waals surface area contributed by atoms with E-state index in [4.69, 9.17) is 11.6 Å². The molecule has 0 unspecified atom stereocenters. The fraction of sp³-hybridized carbons (Fsp3) is 0.273. The zero-order valence-corrected chi connectivity index (χ0v) is 18.8. The molecule has 2 N–H and O–H groups in total. The number of carbonyl (C=O) groups excluding carboxylic acids is 1. The van der Waals surface area contributed by atoms with E-state index in [1.165, 1.54) is 23.1 Å². The molecule has 182 valence electrons. The Morgan fingerprint density at radius 3 is 2.74 bits per heavy atom. The van der Waals surface area contributed by atoms with Crippen molar-refractivity contribution in [1.82, 2.24) is 30.0 Å². The van der Waals surface area contributed by atoms with Crippen LogP contribution >= 0.6 is 11.6 Å². The van der Waals surface area contributed by atoms with Gasteiger partial charge in [-0.3, -0.25) is 4.79 Å². The molecule has 9 nitrogen and oxygen atoms in total. The van der Waals surface area contributed by atoms with Crippen molar-refractivity contribution in [2.24, 2.45) is 0 Å². The lowest BCUT2D eigenvalue weighted by Gasteiger charge is -2.33. The summed E-state index contributed by atoms with van der Waals surface area (Å²) in [7, 11) is 0. The first-order chi connectivity index (χ1) is 16.7. The summed E-state index contributed by atoms with van der Waals surface area (Å²) in [6, 6.07) is 8.16. The summed E-state index contributed by atoms with van der Waals surface area (Å²) in [6.07, 6.45) is 1.33. The Hall–Kier alpha value is -3.80. The van der Waals surface area contributed by atoms with Gasteiger partial charge in [-0.15, -0.1) is 13.2 Å². The van der Waals surface area contributed by atoms with Crippen LogP contribution in [-0.2, 0) is 0 Å². The highest BCUT2D eigenvalue weighted by Gasteiger charge is 2.32. The minimum Gasteiger partial charge on any atom is -0.404 e. The summed E-state index contributed by atoms with van der Waals surface area (Å²) >= 11 is 5.89. The number of carbonyl (C=O) groups is 1. The zero-order chi connectivity index (χ0) is 24.6. The van der Waals surface area contributed by atoms with Crippen LogP contribution in [0.15, 0.2) is 48.9 Å². The second-order valence-corrected chi connectivity index (χ2v) is 8.41. The maximum absolute atomic E-state index is 12.7. The second-order valence-electron chi connectivity index (χ2n) is 8.00. The molecule has 3 aromatic heterocycles. The largest absolute Gasteiger partial charge is 0.573 e. The predicted molar refractivity (Wildman–Crippen MR) is 122 cm³/mol. The number of aromatic nitrogens is 5. The number of nitrogens with zero attached hydrogens (tertiary/aromatic N) is 5. The van der Waals surface area contributed by atoms with Gasteiger partial charge in [-0.1, -0.05) is 17.7 Å². The maximum Gasteiger partial charge on any atom is 0.573 e. The molecular formula is C22H19ClF3N7O2. The Labute approximate surface area is 201 Å². The number of alkyl halides is 3. The van der Waals surface area contributed by atoms with Crippen molar-refractivity contribution in [2.75, 3.05) is 18.0 Å². The molecule has 0 radical (unpaired) electrons. The van der Waals surface area contributed by atoms with E-state index in [9.17, 15) is 18.0 Å². The van der Waals surface area contributed by atoms with Gasteiger partial charge < -0.3 is 19.9 Å². The monoisotopic (exact) mass is 505 g/mol. The fourth-order valence-corrected chi connectivity index (χ4v) is 4.13. The SMILES string of the molecule is O=C(NC1CCN(c2ccccn2)CC1)c1cnn(-c2nc3cc(OC(F)(F)F)c(Cl)cc3[nH]2)c1. The van der Waals surface area contributed by atoms with E-state index in [0.717, 1.165) is 37.8 Å². The third-order valence-electron chi connectivity index (χ3n) is 5.61. The highest BCUT2D eigenvalue weighted by atomic mass is 35.5. The van der Waals surface area contributed by atoms with E-state index in [1.54, 1.807) is 6.20 Å². The molecule has 0 atom stereocenters. The molecule has 4 aromatic rings. The zero-order valence-electron chi connectivity index (χ0n) is 18.1. The number of ether oxygens (including phenoxy) is 1. The van der Waals surface area contributed by atoms with Crippen molar-refractivity contribution in [2.45, 2.75) is 25.2 Å².